The number of aromatic amines is 2. The van der Waals surface area contributed by atoms with Gasteiger partial charge < -0.3 is 9.97 Å². The minimum atomic E-state index is -0.172. The van der Waals surface area contributed by atoms with E-state index in [2.05, 4.69) is 152 Å². The second-order valence-corrected chi connectivity index (χ2v) is 16.5. The molecule has 5 aromatic carbocycles. The minimum absolute atomic E-state index is 0.162. The number of benzene rings is 5. The smallest absolute Gasteiger partial charge is 0.194 e. The van der Waals surface area contributed by atoms with Crippen LogP contribution >= 0.6 is 0 Å². The minimum Gasteiger partial charge on any atom is -0.354 e. The number of aromatic nitrogens is 4. The van der Waals surface area contributed by atoms with Crippen LogP contribution in [0.1, 0.15) is 65.7 Å². The zero-order chi connectivity index (χ0) is 42.8. The van der Waals surface area contributed by atoms with Crippen LogP contribution in [0.2, 0.25) is 0 Å². The van der Waals surface area contributed by atoms with Gasteiger partial charge in [-0.05, 0) is 103 Å². The number of ketones is 2. The fraction of sp³-hybridized carbons (Fsp3) is 0.0526. The van der Waals surface area contributed by atoms with Crippen molar-refractivity contribution in [2.24, 2.45) is 0 Å². The van der Waals surface area contributed by atoms with Crippen molar-refractivity contribution in [1.29, 1.82) is 0 Å². The van der Waals surface area contributed by atoms with Crippen LogP contribution in [0.3, 0.4) is 0 Å². The molecule has 8 bridgehead atoms. The number of aryl methyl sites for hydroxylation is 3. The molecule has 0 radical (unpaired) electrons. The van der Waals surface area contributed by atoms with Gasteiger partial charge in [-0.2, -0.15) is 0 Å². The normalized spacial score (nSPS) is 13.0. The quantitative estimate of drug-likeness (QED) is 0.181. The lowest BCUT2D eigenvalue weighted by Crippen LogP contribution is -2.15. The van der Waals surface area contributed by atoms with E-state index in [9.17, 15) is 9.59 Å². The van der Waals surface area contributed by atoms with Crippen molar-refractivity contribution >= 4 is 63.5 Å². The molecule has 3 aromatic heterocycles. The summed E-state index contributed by atoms with van der Waals surface area (Å²) in [6, 6.07) is 49.2. The molecule has 2 aliphatic heterocycles. The van der Waals surface area contributed by atoms with Crippen molar-refractivity contribution in [2.45, 2.75) is 20.8 Å². The number of nitrogens with zero attached hydrogens (tertiary/aromatic N) is 2. The largest absolute Gasteiger partial charge is 0.354 e. The molecule has 0 saturated heterocycles. The van der Waals surface area contributed by atoms with Crippen LogP contribution in [0.25, 0.3) is 96.5 Å². The van der Waals surface area contributed by atoms with Crippen molar-refractivity contribution < 1.29 is 9.59 Å². The maximum absolute atomic E-state index is 13.7. The summed E-state index contributed by atoms with van der Waals surface area (Å²) in [7, 11) is 0. The highest BCUT2D eigenvalue weighted by Gasteiger charge is 2.26. The third kappa shape index (κ3) is 6.69. The number of fused-ring (bicyclic) bond motifs is 9. The van der Waals surface area contributed by atoms with E-state index in [0.29, 0.717) is 22.3 Å². The monoisotopic (exact) mass is 812 g/mol. The molecular formula is C57H40N4O2. The Hall–Kier alpha value is -8.22. The Labute approximate surface area is 364 Å². The summed E-state index contributed by atoms with van der Waals surface area (Å²) in [6.45, 7) is 6.30. The van der Waals surface area contributed by atoms with Crippen molar-refractivity contribution in [3.63, 3.8) is 0 Å². The molecule has 1 aliphatic carbocycles. The standard InChI is InChI=1S/C57H40N4O2/c1-33-8-14-37(15-9-33)53-44-24-26-46(58-44)54(38-16-10-34(2)11-17-38)48-28-30-50(60-48)56(40-22-20-36(21-23-40)43-32-52(62)41-6-4-5-7-42(41)57(43)63)51-31-29-49(61-51)55(47-27-25-45(53)59-47)39-18-12-35(3)13-19-39/h4-32,58,61H,1-3H3. The second kappa shape index (κ2) is 15.0. The van der Waals surface area contributed by atoms with Crippen LogP contribution in [0.5, 0.6) is 0 Å². The molecule has 2 N–H and O–H groups in total. The predicted octanol–water partition coefficient (Wildman–Crippen LogP) is 13.7. The van der Waals surface area contributed by atoms with E-state index in [4.69, 9.17) is 9.97 Å². The number of carbonyl (C=O) groups excluding carboxylic acids is 2. The van der Waals surface area contributed by atoms with Gasteiger partial charge in [0.2, 0.25) is 0 Å². The molecule has 0 spiro atoms. The van der Waals surface area contributed by atoms with Gasteiger partial charge in [0, 0.05) is 61.0 Å². The van der Waals surface area contributed by atoms with Gasteiger partial charge in [-0.25, -0.2) is 9.97 Å². The molecule has 0 atom stereocenters. The van der Waals surface area contributed by atoms with Gasteiger partial charge in [0.05, 0.1) is 22.8 Å². The SMILES string of the molecule is Cc1ccc(-c2c3nc(c(-c4ccc(C)cc4)c4ccc([nH]4)c(-c4ccc(C5=CC(=O)c6ccccc6C5=O)cc4)c4nc(c(-c5ccc(C)cc5)c5ccc2[nH]5)C=C4)C=C3)cc1. The third-order valence-corrected chi connectivity index (χ3v) is 12.2. The first kappa shape index (κ1) is 37.8. The summed E-state index contributed by atoms with van der Waals surface area (Å²) in [4.78, 5) is 45.4. The first-order valence-electron chi connectivity index (χ1n) is 21.1. The van der Waals surface area contributed by atoms with Crippen LogP contribution in [-0.2, 0) is 0 Å². The summed E-state index contributed by atoms with van der Waals surface area (Å²) < 4.78 is 0. The molecule has 6 nitrogen and oxygen atoms in total. The van der Waals surface area contributed by atoms with Crippen LogP contribution in [-0.4, -0.2) is 31.5 Å². The molecule has 6 heteroatoms. The van der Waals surface area contributed by atoms with Gasteiger partial charge in [-0.15, -0.1) is 0 Å². The third-order valence-electron chi connectivity index (χ3n) is 12.2. The Bertz CT molecular complexity index is 3430. The Morgan fingerprint density at radius 1 is 0.365 bits per heavy atom. The van der Waals surface area contributed by atoms with Crippen molar-refractivity contribution in [3.05, 3.63) is 208 Å². The Morgan fingerprint density at radius 2 is 0.683 bits per heavy atom. The fourth-order valence-corrected chi connectivity index (χ4v) is 8.93. The van der Waals surface area contributed by atoms with E-state index >= 15 is 0 Å². The van der Waals surface area contributed by atoms with Gasteiger partial charge in [0.15, 0.2) is 11.6 Å². The molecule has 11 rings (SSSR count). The van der Waals surface area contributed by atoms with Crippen LogP contribution in [0, 0.1) is 20.8 Å². The first-order chi connectivity index (χ1) is 30.8. The lowest BCUT2D eigenvalue weighted by molar-refractivity contribution is 0.100. The van der Waals surface area contributed by atoms with Crippen molar-refractivity contribution in [2.75, 3.05) is 0 Å². The predicted molar refractivity (Wildman–Crippen MR) is 258 cm³/mol. The average Bonchev–Trinajstić information content (AvgIpc) is 4.16. The van der Waals surface area contributed by atoms with Gasteiger partial charge in [-0.3, -0.25) is 9.59 Å². The number of carbonyl (C=O) groups is 2. The average molecular weight is 813 g/mol. The van der Waals surface area contributed by atoms with Gasteiger partial charge >= 0.3 is 0 Å². The number of allylic oxidation sites excluding steroid dienone is 2. The molecule has 0 amide bonds. The highest BCUT2D eigenvalue weighted by molar-refractivity contribution is 6.38. The molecule has 300 valence electrons. The van der Waals surface area contributed by atoms with Crippen molar-refractivity contribution in [1.82, 2.24) is 19.9 Å². The lowest BCUT2D eigenvalue weighted by Gasteiger charge is -2.15. The Kier molecular flexibility index (Phi) is 9.02. The molecule has 5 heterocycles. The van der Waals surface area contributed by atoms with E-state index in [-0.39, 0.29) is 11.6 Å². The highest BCUT2D eigenvalue weighted by Crippen LogP contribution is 2.39. The van der Waals surface area contributed by atoms with Crippen LogP contribution < -0.4 is 0 Å². The number of H-pyrrole nitrogens is 2. The topological polar surface area (TPSA) is 91.5 Å². The lowest BCUT2D eigenvalue weighted by atomic mass is 9.86. The number of nitrogens with one attached hydrogen (secondary N) is 2. The first-order valence-corrected chi connectivity index (χ1v) is 21.1. The van der Waals surface area contributed by atoms with Crippen LogP contribution in [0.15, 0.2) is 152 Å². The molecule has 0 unspecified atom stereocenters. The number of rotatable bonds is 5. The van der Waals surface area contributed by atoms with Gasteiger partial charge in [-0.1, -0.05) is 138 Å². The maximum atomic E-state index is 13.7. The molecule has 3 aliphatic rings. The maximum Gasteiger partial charge on any atom is 0.194 e. The number of hydrogen-bond acceptors (Lipinski definition) is 4. The van der Waals surface area contributed by atoms with Gasteiger partial charge in [0.1, 0.15) is 0 Å². The summed E-state index contributed by atoms with van der Waals surface area (Å²) in [5.74, 6) is -0.333. The molecule has 0 fully saturated rings. The fourth-order valence-electron chi connectivity index (χ4n) is 8.93. The molecule has 63 heavy (non-hydrogen) atoms. The number of hydrogen-bond donors (Lipinski definition) is 2. The highest BCUT2D eigenvalue weighted by atomic mass is 16.1. The second-order valence-electron chi connectivity index (χ2n) is 16.5. The molecule has 8 aromatic rings. The van der Waals surface area contributed by atoms with Crippen LogP contribution in [0.4, 0.5) is 0 Å². The number of Topliss-reactive ketones (excluding diaryl/α,β-unsaturated/α-hetero) is 1. The molecular weight excluding hydrogens is 773 g/mol. The van der Waals surface area contributed by atoms with E-state index in [1.54, 1.807) is 24.3 Å². The summed E-state index contributed by atoms with van der Waals surface area (Å²) in [6.07, 6.45) is 9.87. The van der Waals surface area contributed by atoms with E-state index in [0.717, 1.165) is 89.4 Å². The van der Waals surface area contributed by atoms with Crippen molar-refractivity contribution in [3.8, 4) is 44.5 Å². The molecule has 0 saturated carbocycles. The summed E-state index contributed by atoms with van der Waals surface area (Å²) in [5.41, 5.74) is 20.3. The van der Waals surface area contributed by atoms with E-state index < -0.39 is 0 Å². The zero-order valence-electron chi connectivity index (χ0n) is 35.0. The van der Waals surface area contributed by atoms with E-state index in [1.807, 2.05) is 24.3 Å². The van der Waals surface area contributed by atoms with Gasteiger partial charge in [0.25, 0.3) is 0 Å². The zero-order valence-corrected chi connectivity index (χ0v) is 35.0. The Morgan fingerprint density at radius 3 is 1.05 bits per heavy atom. The summed E-state index contributed by atoms with van der Waals surface area (Å²) >= 11 is 0. The Balaban J connectivity index is 1.21. The summed E-state index contributed by atoms with van der Waals surface area (Å²) in [5, 5.41) is 0. The van der Waals surface area contributed by atoms with E-state index in [1.165, 1.54) is 22.8 Å².